The van der Waals surface area contributed by atoms with Crippen LogP contribution in [0.2, 0.25) is 0 Å². The predicted molar refractivity (Wildman–Crippen MR) is 51.5 cm³/mol. The molecule has 0 aliphatic carbocycles. The van der Waals surface area contributed by atoms with Crippen LogP contribution in [-0.4, -0.2) is 11.3 Å². The van der Waals surface area contributed by atoms with Crippen molar-refractivity contribution in [2.24, 2.45) is 0 Å². The number of hydrogen-bond donors (Lipinski definition) is 0. The molecule has 0 radical (unpaired) electrons. The molecule has 0 N–H and O–H groups in total. The largest absolute Gasteiger partial charge is 0.443 e. The minimum atomic E-state index is 0.386. The Kier molecular flexibility index (Phi) is 2.14. The zero-order valence-corrected chi connectivity index (χ0v) is 8.24. The second kappa shape index (κ2) is 3.30. The van der Waals surface area contributed by atoms with Crippen LogP contribution in [0.25, 0.3) is 11.1 Å². The van der Waals surface area contributed by atoms with Crippen molar-refractivity contribution in [1.29, 1.82) is 0 Å². The summed E-state index contributed by atoms with van der Waals surface area (Å²) in [7, 11) is 0. The summed E-state index contributed by atoms with van der Waals surface area (Å²) in [5, 5.41) is 0. The van der Waals surface area contributed by atoms with E-state index in [4.69, 9.17) is 4.42 Å². The molecule has 0 unspecified atom stereocenters. The van der Waals surface area contributed by atoms with E-state index in [1.54, 1.807) is 0 Å². The maximum Gasteiger partial charge on any atom is 0.181 e. The Morgan fingerprint density at radius 3 is 3.15 bits per heavy atom. The average molecular weight is 240 g/mol. The van der Waals surface area contributed by atoms with Gasteiger partial charge in [0.25, 0.3) is 0 Å². The van der Waals surface area contributed by atoms with Gasteiger partial charge in [0.15, 0.2) is 12.0 Å². The molecule has 0 aliphatic heterocycles. The van der Waals surface area contributed by atoms with Crippen LogP contribution in [0.1, 0.15) is 5.56 Å². The smallest absolute Gasteiger partial charge is 0.181 e. The second-order valence-corrected chi connectivity index (χ2v) is 3.49. The van der Waals surface area contributed by atoms with Gasteiger partial charge in [-0.05, 0) is 17.7 Å². The van der Waals surface area contributed by atoms with E-state index in [0.717, 1.165) is 21.8 Å². The molecule has 0 saturated heterocycles. The van der Waals surface area contributed by atoms with Crippen LogP contribution in [0.15, 0.2) is 27.4 Å². The van der Waals surface area contributed by atoms with E-state index in [-0.39, 0.29) is 0 Å². The first-order valence-corrected chi connectivity index (χ1v) is 4.56. The van der Waals surface area contributed by atoms with Crippen molar-refractivity contribution < 1.29 is 9.21 Å². The molecule has 0 aliphatic rings. The summed E-state index contributed by atoms with van der Waals surface area (Å²) >= 11 is 3.36. The van der Waals surface area contributed by atoms with Crippen molar-refractivity contribution in [3.8, 4) is 0 Å². The first-order valence-electron chi connectivity index (χ1n) is 3.76. The lowest BCUT2D eigenvalue weighted by molar-refractivity contribution is -0.107. The highest BCUT2D eigenvalue weighted by Crippen LogP contribution is 2.23. The van der Waals surface area contributed by atoms with E-state index < -0.39 is 0 Å². The highest BCUT2D eigenvalue weighted by atomic mass is 79.9. The van der Waals surface area contributed by atoms with Crippen molar-refractivity contribution in [2.45, 2.75) is 6.42 Å². The topological polar surface area (TPSA) is 43.1 Å². The van der Waals surface area contributed by atoms with Gasteiger partial charge in [0.05, 0.1) is 0 Å². The van der Waals surface area contributed by atoms with E-state index in [2.05, 4.69) is 20.9 Å². The number of oxazole rings is 1. The molecule has 2 rings (SSSR count). The van der Waals surface area contributed by atoms with Crippen LogP contribution in [0.5, 0.6) is 0 Å². The standard InChI is InChI=1S/C9H6BrNO2/c10-7-4-8-9(13-5-11-8)3-6(7)1-2-12/h2-5H,1H2. The number of carbonyl (C=O) groups excluding carboxylic acids is 1. The van der Waals surface area contributed by atoms with E-state index in [1.807, 2.05) is 12.1 Å². The maximum atomic E-state index is 10.3. The van der Waals surface area contributed by atoms with Gasteiger partial charge in [-0.2, -0.15) is 0 Å². The number of fused-ring (bicyclic) bond motifs is 1. The van der Waals surface area contributed by atoms with Crippen molar-refractivity contribution in [1.82, 2.24) is 4.98 Å². The summed E-state index contributed by atoms with van der Waals surface area (Å²) in [6.07, 6.45) is 2.64. The van der Waals surface area contributed by atoms with Crippen molar-refractivity contribution in [3.63, 3.8) is 0 Å². The van der Waals surface area contributed by atoms with E-state index in [0.29, 0.717) is 12.0 Å². The van der Waals surface area contributed by atoms with Crippen molar-refractivity contribution in [2.75, 3.05) is 0 Å². The van der Waals surface area contributed by atoms with E-state index >= 15 is 0 Å². The molecule has 1 heterocycles. The SMILES string of the molecule is O=CCc1cc2ocnc2cc1Br. The summed E-state index contributed by atoms with van der Waals surface area (Å²) < 4.78 is 6.00. The molecule has 2 aromatic rings. The highest BCUT2D eigenvalue weighted by Gasteiger charge is 2.04. The molecule has 13 heavy (non-hydrogen) atoms. The monoisotopic (exact) mass is 239 g/mol. The van der Waals surface area contributed by atoms with Gasteiger partial charge in [-0.25, -0.2) is 4.98 Å². The maximum absolute atomic E-state index is 10.3. The van der Waals surface area contributed by atoms with Gasteiger partial charge in [-0.15, -0.1) is 0 Å². The quantitative estimate of drug-likeness (QED) is 0.756. The first kappa shape index (κ1) is 8.44. The molecule has 0 bridgehead atoms. The molecule has 1 aromatic carbocycles. The first-order chi connectivity index (χ1) is 6.31. The van der Waals surface area contributed by atoms with Crippen molar-refractivity contribution >= 4 is 33.3 Å². The lowest BCUT2D eigenvalue weighted by atomic mass is 10.1. The van der Waals surface area contributed by atoms with Gasteiger partial charge in [0.1, 0.15) is 11.8 Å². The Labute approximate surface area is 82.9 Å². The number of nitrogens with zero attached hydrogens (tertiary/aromatic N) is 1. The third-order valence-corrected chi connectivity index (χ3v) is 2.54. The highest BCUT2D eigenvalue weighted by molar-refractivity contribution is 9.10. The number of aldehydes is 1. The fourth-order valence-electron chi connectivity index (χ4n) is 1.17. The normalized spacial score (nSPS) is 10.5. The second-order valence-electron chi connectivity index (χ2n) is 2.63. The summed E-state index contributed by atoms with van der Waals surface area (Å²) in [5.74, 6) is 0. The molecule has 3 nitrogen and oxygen atoms in total. The molecular formula is C9H6BrNO2. The van der Waals surface area contributed by atoms with Gasteiger partial charge >= 0.3 is 0 Å². The summed E-state index contributed by atoms with van der Waals surface area (Å²) in [4.78, 5) is 14.3. The number of rotatable bonds is 2. The van der Waals surface area contributed by atoms with E-state index in [9.17, 15) is 4.79 Å². The zero-order valence-electron chi connectivity index (χ0n) is 6.66. The van der Waals surface area contributed by atoms with Crippen molar-refractivity contribution in [3.05, 3.63) is 28.6 Å². The Morgan fingerprint density at radius 1 is 1.54 bits per heavy atom. The van der Waals surface area contributed by atoms with Gasteiger partial charge in [-0.3, -0.25) is 0 Å². The van der Waals surface area contributed by atoms with Crippen LogP contribution in [0, 0.1) is 0 Å². The van der Waals surface area contributed by atoms with Gasteiger partial charge in [-0.1, -0.05) is 15.9 Å². The molecule has 0 atom stereocenters. The Hall–Kier alpha value is -1.16. The van der Waals surface area contributed by atoms with Crippen LogP contribution in [-0.2, 0) is 11.2 Å². The molecule has 0 saturated carbocycles. The molecule has 0 amide bonds. The van der Waals surface area contributed by atoms with Gasteiger partial charge in [0.2, 0.25) is 0 Å². The fourth-order valence-corrected chi connectivity index (χ4v) is 1.66. The van der Waals surface area contributed by atoms with Crippen LogP contribution in [0.3, 0.4) is 0 Å². The Morgan fingerprint density at radius 2 is 2.38 bits per heavy atom. The number of benzene rings is 1. The number of halogens is 1. The molecule has 4 heteroatoms. The predicted octanol–water partition coefficient (Wildman–Crippen LogP) is 2.33. The number of carbonyl (C=O) groups is 1. The zero-order chi connectivity index (χ0) is 9.26. The molecule has 1 aromatic heterocycles. The molecular weight excluding hydrogens is 234 g/mol. The summed E-state index contributed by atoms with van der Waals surface area (Å²) in [6, 6.07) is 3.67. The number of hydrogen-bond acceptors (Lipinski definition) is 3. The van der Waals surface area contributed by atoms with Gasteiger partial charge < -0.3 is 9.21 Å². The Bertz CT molecular complexity index is 450. The van der Waals surface area contributed by atoms with Crippen LogP contribution < -0.4 is 0 Å². The minimum Gasteiger partial charge on any atom is -0.443 e. The summed E-state index contributed by atoms with van der Waals surface area (Å²) in [6.45, 7) is 0. The third-order valence-electron chi connectivity index (χ3n) is 1.80. The number of aromatic nitrogens is 1. The lowest BCUT2D eigenvalue weighted by Crippen LogP contribution is -1.87. The van der Waals surface area contributed by atoms with Gasteiger partial charge in [0, 0.05) is 10.9 Å². The molecule has 66 valence electrons. The minimum absolute atomic E-state index is 0.386. The average Bonchev–Trinajstić information content (AvgIpc) is 2.52. The summed E-state index contributed by atoms with van der Waals surface area (Å²) in [5.41, 5.74) is 2.42. The van der Waals surface area contributed by atoms with Crippen LogP contribution in [0.4, 0.5) is 0 Å². The lowest BCUT2D eigenvalue weighted by Gasteiger charge is -1.98. The Balaban J connectivity index is 2.62. The molecule has 0 spiro atoms. The fraction of sp³-hybridized carbons (Fsp3) is 0.111. The van der Waals surface area contributed by atoms with E-state index in [1.165, 1.54) is 6.39 Å². The third kappa shape index (κ3) is 1.49. The molecule has 0 fully saturated rings. The van der Waals surface area contributed by atoms with Crippen LogP contribution >= 0.6 is 15.9 Å².